The molecule has 0 saturated heterocycles. The van der Waals surface area contributed by atoms with Gasteiger partial charge in [0.05, 0.1) is 6.10 Å². The summed E-state index contributed by atoms with van der Waals surface area (Å²) in [7, 11) is 0. The van der Waals surface area contributed by atoms with Crippen LogP contribution in [0.2, 0.25) is 0 Å². The Kier molecular flexibility index (Phi) is 3.42. The molecule has 2 rings (SSSR count). The maximum absolute atomic E-state index is 10.0. The first-order valence-electron chi connectivity index (χ1n) is 6.08. The van der Waals surface area contributed by atoms with Gasteiger partial charge in [0, 0.05) is 5.92 Å². The predicted molar refractivity (Wildman–Crippen MR) is 63.0 cm³/mol. The molecule has 0 aromatic heterocycles. The lowest BCUT2D eigenvalue weighted by molar-refractivity contribution is 0.106. The molecule has 1 aromatic rings. The van der Waals surface area contributed by atoms with Gasteiger partial charge in [-0.1, -0.05) is 44.0 Å². The van der Waals surface area contributed by atoms with Crippen LogP contribution in [-0.2, 0) is 6.42 Å². The van der Waals surface area contributed by atoms with Gasteiger partial charge < -0.3 is 5.11 Å². The summed E-state index contributed by atoms with van der Waals surface area (Å²) < 4.78 is 0. The largest absolute Gasteiger partial charge is 0.392 e. The van der Waals surface area contributed by atoms with Crippen LogP contribution in [0.25, 0.3) is 0 Å². The van der Waals surface area contributed by atoms with Crippen molar-refractivity contribution in [1.29, 1.82) is 0 Å². The van der Waals surface area contributed by atoms with Crippen LogP contribution in [0.3, 0.4) is 0 Å². The number of aliphatic hydroxyl groups excluding tert-OH is 1. The van der Waals surface area contributed by atoms with Gasteiger partial charge >= 0.3 is 0 Å². The van der Waals surface area contributed by atoms with Crippen LogP contribution < -0.4 is 0 Å². The van der Waals surface area contributed by atoms with E-state index in [1.807, 2.05) is 0 Å². The van der Waals surface area contributed by atoms with Crippen molar-refractivity contribution in [2.45, 2.75) is 51.0 Å². The molecule has 1 aromatic carbocycles. The average molecular weight is 204 g/mol. The third-order valence-corrected chi connectivity index (χ3v) is 3.56. The molecule has 0 bridgehead atoms. The highest BCUT2D eigenvalue weighted by molar-refractivity contribution is 5.31. The quantitative estimate of drug-likeness (QED) is 0.784. The van der Waals surface area contributed by atoms with Gasteiger partial charge in [-0.15, -0.1) is 0 Å². The van der Waals surface area contributed by atoms with E-state index in [9.17, 15) is 5.11 Å². The molecule has 1 fully saturated rings. The van der Waals surface area contributed by atoms with E-state index < -0.39 is 0 Å². The molecule has 0 spiro atoms. The Labute approximate surface area is 92.1 Å². The molecular formula is C14H20O. The zero-order chi connectivity index (χ0) is 10.7. The zero-order valence-electron chi connectivity index (χ0n) is 9.45. The van der Waals surface area contributed by atoms with Crippen molar-refractivity contribution in [2.24, 2.45) is 0 Å². The molecule has 0 heterocycles. The van der Waals surface area contributed by atoms with Crippen molar-refractivity contribution >= 4 is 0 Å². The molecule has 1 N–H and O–H groups in total. The first-order valence-corrected chi connectivity index (χ1v) is 6.08. The second kappa shape index (κ2) is 4.80. The van der Waals surface area contributed by atoms with Crippen LogP contribution in [0.4, 0.5) is 0 Å². The molecule has 2 atom stereocenters. The van der Waals surface area contributed by atoms with Crippen molar-refractivity contribution in [3.05, 3.63) is 35.4 Å². The Hall–Kier alpha value is -0.820. The van der Waals surface area contributed by atoms with E-state index in [0.29, 0.717) is 5.92 Å². The van der Waals surface area contributed by atoms with Gasteiger partial charge in [0.1, 0.15) is 0 Å². The Morgan fingerprint density at radius 2 is 1.93 bits per heavy atom. The van der Waals surface area contributed by atoms with Gasteiger partial charge in [0.2, 0.25) is 0 Å². The fraction of sp³-hybridized carbons (Fsp3) is 0.571. The number of rotatable bonds is 2. The maximum Gasteiger partial charge on any atom is 0.0608 e. The van der Waals surface area contributed by atoms with E-state index in [4.69, 9.17) is 0 Å². The van der Waals surface area contributed by atoms with Gasteiger partial charge in [-0.05, 0) is 30.4 Å². The lowest BCUT2D eigenvalue weighted by Gasteiger charge is -2.29. The summed E-state index contributed by atoms with van der Waals surface area (Å²) >= 11 is 0. The first kappa shape index (κ1) is 10.7. The number of aliphatic hydroxyl groups is 1. The van der Waals surface area contributed by atoms with E-state index in [-0.39, 0.29) is 6.10 Å². The Balaban J connectivity index is 2.26. The van der Waals surface area contributed by atoms with Gasteiger partial charge in [0.25, 0.3) is 0 Å². The predicted octanol–water partition coefficient (Wildman–Crippen LogP) is 3.27. The van der Waals surface area contributed by atoms with E-state index in [0.717, 1.165) is 19.3 Å². The van der Waals surface area contributed by atoms with E-state index >= 15 is 0 Å². The second-order valence-electron chi connectivity index (χ2n) is 4.51. The SMILES string of the molecule is CCc1ccccc1C1CCCCC1O. The zero-order valence-corrected chi connectivity index (χ0v) is 9.45. The van der Waals surface area contributed by atoms with E-state index in [2.05, 4.69) is 31.2 Å². The average Bonchev–Trinajstić information content (AvgIpc) is 2.30. The van der Waals surface area contributed by atoms with Crippen molar-refractivity contribution in [1.82, 2.24) is 0 Å². The standard InChI is InChI=1S/C14H20O/c1-2-11-7-3-4-8-12(11)13-9-5-6-10-14(13)15/h3-4,7-8,13-15H,2,5-6,9-10H2,1H3. The molecule has 0 radical (unpaired) electrons. The molecule has 15 heavy (non-hydrogen) atoms. The maximum atomic E-state index is 10.0. The lowest BCUT2D eigenvalue weighted by atomic mass is 9.79. The monoisotopic (exact) mass is 204 g/mol. The van der Waals surface area contributed by atoms with Crippen LogP contribution >= 0.6 is 0 Å². The van der Waals surface area contributed by atoms with Gasteiger partial charge in [-0.25, -0.2) is 0 Å². The highest BCUT2D eigenvalue weighted by Crippen LogP contribution is 2.34. The number of hydrogen-bond donors (Lipinski definition) is 1. The Morgan fingerprint density at radius 3 is 2.67 bits per heavy atom. The summed E-state index contributed by atoms with van der Waals surface area (Å²) in [5, 5.41) is 10.0. The molecule has 0 aliphatic heterocycles. The molecular weight excluding hydrogens is 184 g/mol. The fourth-order valence-corrected chi connectivity index (χ4v) is 2.69. The van der Waals surface area contributed by atoms with Crippen LogP contribution in [-0.4, -0.2) is 11.2 Å². The third kappa shape index (κ3) is 2.23. The number of hydrogen-bond acceptors (Lipinski definition) is 1. The van der Waals surface area contributed by atoms with Crippen LogP contribution in [0.1, 0.15) is 49.7 Å². The topological polar surface area (TPSA) is 20.2 Å². The smallest absolute Gasteiger partial charge is 0.0608 e. The van der Waals surface area contributed by atoms with Crippen LogP contribution in [0.5, 0.6) is 0 Å². The van der Waals surface area contributed by atoms with Crippen LogP contribution in [0.15, 0.2) is 24.3 Å². The minimum absolute atomic E-state index is 0.119. The number of benzene rings is 1. The molecule has 82 valence electrons. The summed E-state index contributed by atoms with van der Waals surface area (Å²) in [5.41, 5.74) is 2.79. The third-order valence-electron chi connectivity index (χ3n) is 3.56. The van der Waals surface area contributed by atoms with Gasteiger partial charge in [-0.2, -0.15) is 0 Å². The molecule has 1 nitrogen and oxygen atoms in total. The van der Waals surface area contributed by atoms with E-state index in [1.54, 1.807) is 0 Å². The summed E-state index contributed by atoms with van der Waals surface area (Å²) in [6, 6.07) is 8.57. The van der Waals surface area contributed by atoms with E-state index in [1.165, 1.54) is 24.0 Å². The second-order valence-corrected chi connectivity index (χ2v) is 4.51. The van der Waals surface area contributed by atoms with Crippen molar-refractivity contribution in [2.75, 3.05) is 0 Å². The highest BCUT2D eigenvalue weighted by atomic mass is 16.3. The van der Waals surface area contributed by atoms with Crippen molar-refractivity contribution in [3.63, 3.8) is 0 Å². The Bertz CT molecular complexity index is 319. The number of aryl methyl sites for hydroxylation is 1. The summed E-state index contributed by atoms with van der Waals surface area (Å²) in [6.45, 7) is 2.19. The van der Waals surface area contributed by atoms with Crippen molar-refractivity contribution < 1.29 is 5.11 Å². The van der Waals surface area contributed by atoms with Crippen molar-refractivity contribution in [3.8, 4) is 0 Å². The Morgan fingerprint density at radius 1 is 1.20 bits per heavy atom. The van der Waals surface area contributed by atoms with Crippen LogP contribution in [0, 0.1) is 0 Å². The summed E-state index contributed by atoms with van der Waals surface area (Å²) in [5.74, 6) is 0.384. The summed E-state index contributed by atoms with van der Waals surface area (Å²) in [6.07, 6.45) is 5.53. The first-order chi connectivity index (χ1) is 7.33. The molecule has 2 unspecified atom stereocenters. The molecule has 1 aliphatic rings. The van der Waals surface area contributed by atoms with Gasteiger partial charge in [-0.3, -0.25) is 0 Å². The molecule has 0 amide bonds. The summed E-state index contributed by atoms with van der Waals surface area (Å²) in [4.78, 5) is 0. The lowest BCUT2D eigenvalue weighted by Crippen LogP contribution is -2.23. The molecule has 1 aliphatic carbocycles. The normalized spacial score (nSPS) is 26.5. The molecule has 1 heteroatoms. The van der Waals surface area contributed by atoms with Gasteiger partial charge in [0.15, 0.2) is 0 Å². The molecule has 1 saturated carbocycles. The highest BCUT2D eigenvalue weighted by Gasteiger charge is 2.25. The fourth-order valence-electron chi connectivity index (χ4n) is 2.69. The minimum atomic E-state index is -0.119. The minimum Gasteiger partial charge on any atom is -0.392 e.